The van der Waals surface area contributed by atoms with Crippen LogP contribution in [0.2, 0.25) is 0 Å². The van der Waals surface area contributed by atoms with E-state index in [4.69, 9.17) is 4.74 Å². The first-order chi connectivity index (χ1) is 10.1. The summed E-state index contributed by atoms with van der Waals surface area (Å²) in [5.74, 6) is 0.351. The maximum absolute atomic E-state index is 12.9. The van der Waals surface area contributed by atoms with Crippen molar-refractivity contribution in [1.82, 2.24) is 0 Å². The molecule has 0 fully saturated rings. The molecule has 3 rings (SSSR count). The number of ether oxygens (including phenoxy) is 1. The van der Waals surface area contributed by atoms with Crippen LogP contribution in [0.1, 0.15) is 6.92 Å². The van der Waals surface area contributed by atoms with Crippen LogP contribution in [0.5, 0.6) is 5.75 Å². The van der Waals surface area contributed by atoms with Gasteiger partial charge in [-0.2, -0.15) is 0 Å². The number of nitrogens with zero attached hydrogens (tertiary/aromatic N) is 1. The number of carbonyl (C=O) groups excluding carboxylic acids is 1. The van der Waals surface area contributed by atoms with Gasteiger partial charge in [0.15, 0.2) is 0 Å². The standard InChI is InChI=1S/C16H15FN2O2/c1-11-10-19(14-4-2-3-5-15(14)21-11)16(20)18-13-8-6-12(17)7-9-13/h2-9,11H,10H2,1H3,(H,18,20). The Hall–Kier alpha value is -2.56. The van der Waals surface area contributed by atoms with Gasteiger partial charge in [-0.25, -0.2) is 9.18 Å². The molecule has 4 nitrogen and oxygen atoms in total. The first-order valence-electron chi connectivity index (χ1n) is 6.73. The Balaban J connectivity index is 1.83. The number of hydrogen-bond acceptors (Lipinski definition) is 2. The van der Waals surface area contributed by atoms with E-state index in [0.717, 1.165) is 5.69 Å². The van der Waals surface area contributed by atoms with Crippen LogP contribution in [0.4, 0.5) is 20.6 Å². The SMILES string of the molecule is CC1CN(C(=O)Nc2ccc(F)cc2)c2ccccc2O1. The Labute approximate surface area is 122 Å². The van der Waals surface area contributed by atoms with E-state index in [1.807, 2.05) is 31.2 Å². The van der Waals surface area contributed by atoms with Crippen LogP contribution in [0.25, 0.3) is 0 Å². The largest absolute Gasteiger partial charge is 0.487 e. The number of rotatable bonds is 1. The molecule has 1 N–H and O–H groups in total. The third kappa shape index (κ3) is 2.81. The maximum atomic E-state index is 12.9. The molecule has 2 aromatic carbocycles. The van der Waals surface area contributed by atoms with Crippen LogP contribution in [-0.2, 0) is 0 Å². The fraction of sp³-hybridized carbons (Fsp3) is 0.188. The van der Waals surface area contributed by atoms with E-state index < -0.39 is 0 Å². The number of urea groups is 1. The molecule has 1 atom stereocenters. The van der Waals surface area contributed by atoms with Crippen molar-refractivity contribution in [3.8, 4) is 5.75 Å². The molecule has 1 unspecified atom stereocenters. The number of halogens is 1. The Kier molecular flexibility index (Phi) is 3.48. The monoisotopic (exact) mass is 286 g/mol. The highest BCUT2D eigenvalue weighted by Gasteiger charge is 2.27. The van der Waals surface area contributed by atoms with Crippen LogP contribution in [0.15, 0.2) is 48.5 Å². The topological polar surface area (TPSA) is 41.6 Å². The molecule has 2 aromatic rings. The number of benzene rings is 2. The van der Waals surface area contributed by atoms with Crippen LogP contribution in [-0.4, -0.2) is 18.7 Å². The third-order valence-corrected chi connectivity index (χ3v) is 3.26. The lowest BCUT2D eigenvalue weighted by Crippen LogP contribution is -2.44. The second kappa shape index (κ2) is 5.44. The van der Waals surface area contributed by atoms with Crippen molar-refractivity contribution in [3.63, 3.8) is 0 Å². The molecular weight excluding hydrogens is 271 g/mol. The quantitative estimate of drug-likeness (QED) is 0.869. The van der Waals surface area contributed by atoms with Crippen molar-refractivity contribution in [2.75, 3.05) is 16.8 Å². The first-order valence-corrected chi connectivity index (χ1v) is 6.73. The Morgan fingerprint density at radius 1 is 1.24 bits per heavy atom. The zero-order valence-electron chi connectivity index (χ0n) is 11.5. The van der Waals surface area contributed by atoms with E-state index in [9.17, 15) is 9.18 Å². The summed E-state index contributed by atoms with van der Waals surface area (Å²) in [7, 11) is 0. The van der Waals surface area contributed by atoms with Gasteiger partial charge in [-0.1, -0.05) is 12.1 Å². The molecule has 5 heteroatoms. The summed E-state index contributed by atoms with van der Waals surface area (Å²) in [6.45, 7) is 2.37. The van der Waals surface area contributed by atoms with Gasteiger partial charge in [0.1, 0.15) is 17.7 Å². The van der Waals surface area contributed by atoms with Gasteiger partial charge in [0.25, 0.3) is 0 Å². The summed E-state index contributed by atoms with van der Waals surface area (Å²) in [6.07, 6.45) is -0.0844. The van der Waals surface area contributed by atoms with Gasteiger partial charge in [0, 0.05) is 5.69 Å². The van der Waals surface area contributed by atoms with E-state index in [1.165, 1.54) is 24.3 Å². The van der Waals surface area contributed by atoms with Crippen molar-refractivity contribution in [3.05, 3.63) is 54.3 Å². The highest BCUT2D eigenvalue weighted by molar-refractivity contribution is 6.03. The molecule has 0 aliphatic carbocycles. The van der Waals surface area contributed by atoms with E-state index in [-0.39, 0.29) is 18.0 Å². The first kappa shape index (κ1) is 13.4. The summed E-state index contributed by atoms with van der Waals surface area (Å²) in [4.78, 5) is 14.1. The molecule has 0 bridgehead atoms. The molecule has 108 valence electrons. The lowest BCUT2D eigenvalue weighted by atomic mass is 10.2. The molecule has 0 saturated heterocycles. The van der Waals surface area contributed by atoms with Crippen molar-refractivity contribution >= 4 is 17.4 Å². The second-order valence-corrected chi connectivity index (χ2v) is 4.94. The number of fused-ring (bicyclic) bond motifs is 1. The average molecular weight is 286 g/mol. The number of amides is 2. The Morgan fingerprint density at radius 2 is 1.95 bits per heavy atom. The number of nitrogens with one attached hydrogen (secondary N) is 1. The van der Waals surface area contributed by atoms with Crippen LogP contribution >= 0.6 is 0 Å². The van der Waals surface area contributed by atoms with Crippen LogP contribution in [0.3, 0.4) is 0 Å². The zero-order chi connectivity index (χ0) is 14.8. The van der Waals surface area contributed by atoms with Crippen molar-refractivity contribution < 1.29 is 13.9 Å². The van der Waals surface area contributed by atoms with Gasteiger partial charge < -0.3 is 10.1 Å². The molecule has 21 heavy (non-hydrogen) atoms. The van der Waals surface area contributed by atoms with Gasteiger partial charge in [-0.15, -0.1) is 0 Å². The van der Waals surface area contributed by atoms with E-state index in [2.05, 4.69) is 5.32 Å². The summed E-state index contributed by atoms with van der Waals surface area (Å²) in [6, 6.07) is 12.8. The highest BCUT2D eigenvalue weighted by atomic mass is 19.1. The van der Waals surface area contributed by atoms with Gasteiger partial charge in [0.2, 0.25) is 0 Å². The molecular formula is C16H15FN2O2. The van der Waals surface area contributed by atoms with Crippen LogP contribution < -0.4 is 15.0 Å². The minimum Gasteiger partial charge on any atom is -0.487 e. The second-order valence-electron chi connectivity index (χ2n) is 4.94. The lowest BCUT2D eigenvalue weighted by molar-refractivity contribution is 0.208. The molecule has 0 aromatic heterocycles. The van der Waals surface area contributed by atoms with Crippen molar-refractivity contribution in [2.45, 2.75) is 13.0 Å². The fourth-order valence-electron chi connectivity index (χ4n) is 2.31. The van der Waals surface area contributed by atoms with E-state index in [1.54, 1.807) is 4.90 Å². The molecule has 1 aliphatic heterocycles. The summed E-state index contributed by atoms with van der Waals surface area (Å²) >= 11 is 0. The van der Waals surface area contributed by atoms with Gasteiger partial charge in [0.05, 0.1) is 12.2 Å². The zero-order valence-corrected chi connectivity index (χ0v) is 11.5. The Morgan fingerprint density at radius 3 is 2.71 bits per heavy atom. The van der Waals surface area contributed by atoms with Crippen molar-refractivity contribution in [2.24, 2.45) is 0 Å². The maximum Gasteiger partial charge on any atom is 0.326 e. The van der Waals surface area contributed by atoms with Gasteiger partial charge in [-0.05, 0) is 43.3 Å². The number of carbonyl (C=O) groups is 1. The van der Waals surface area contributed by atoms with Gasteiger partial charge >= 0.3 is 6.03 Å². The average Bonchev–Trinajstić information content (AvgIpc) is 2.48. The summed E-state index contributed by atoms with van der Waals surface area (Å²) < 4.78 is 18.6. The number of hydrogen-bond donors (Lipinski definition) is 1. The number of anilines is 2. The van der Waals surface area contributed by atoms with Gasteiger partial charge in [-0.3, -0.25) is 4.90 Å². The molecule has 2 amide bonds. The molecule has 0 spiro atoms. The van der Waals surface area contributed by atoms with E-state index in [0.29, 0.717) is 18.0 Å². The predicted octanol–water partition coefficient (Wildman–Crippen LogP) is 3.65. The minimum atomic E-state index is -0.335. The number of para-hydroxylation sites is 2. The predicted molar refractivity (Wildman–Crippen MR) is 79.3 cm³/mol. The normalized spacial score (nSPS) is 16.9. The molecule has 1 aliphatic rings. The molecule has 0 radical (unpaired) electrons. The summed E-state index contributed by atoms with van der Waals surface area (Å²) in [5.41, 5.74) is 1.29. The van der Waals surface area contributed by atoms with Crippen molar-refractivity contribution in [1.29, 1.82) is 0 Å². The summed E-state index contributed by atoms with van der Waals surface area (Å²) in [5, 5.41) is 2.77. The lowest BCUT2D eigenvalue weighted by Gasteiger charge is -2.33. The smallest absolute Gasteiger partial charge is 0.326 e. The molecule has 0 saturated carbocycles. The molecule has 1 heterocycles. The Bertz CT molecular complexity index is 658. The minimum absolute atomic E-state index is 0.0844. The highest BCUT2D eigenvalue weighted by Crippen LogP contribution is 2.33. The van der Waals surface area contributed by atoms with Crippen LogP contribution in [0, 0.1) is 5.82 Å². The third-order valence-electron chi connectivity index (χ3n) is 3.26. The fourth-order valence-corrected chi connectivity index (χ4v) is 2.31. The van der Waals surface area contributed by atoms with E-state index >= 15 is 0 Å².